The van der Waals surface area contributed by atoms with Crippen molar-refractivity contribution in [1.29, 1.82) is 0 Å². The number of β-amino-alcohol motifs (C(OH)–C–C–N with tert-alkyl or cyclic N) is 1. The van der Waals surface area contributed by atoms with Gasteiger partial charge in [0.25, 0.3) is 11.8 Å². The first kappa shape index (κ1) is 30.5. The van der Waals surface area contributed by atoms with Gasteiger partial charge in [0.2, 0.25) is 5.91 Å². The van der Waals surface area contributed by atoms with Gasteiger partial charge in [0, 0.05) is 50.4 Å². The van der Waals surface area contributed by atoms with Gasteiger partial charge in [-0.2, -0.15) is 0 Å². The summed E-state index contributed by atoms with van der Waals surface area (Å²) in [6.45, 7) is 1.71. The maximum Gasteiger partial charge on any atom is 0.254 e. The van der Waals surface area contributed by atoms with Crippen LogP contribution in [-0.2, 0) is 22.6 Å². The summed E-state index contributed by atoms with van der Waals surface area (Å²) in [5, 5.41) is 37.4. The van der Waals surface area contributed by atoms with Crippen LogP contribution in [0, 0.1) is 6.92 Å². The lowest BCUT2D eigenvalue weighted by Gasteiger charge is -2.30. The molecule has 0 saturated carbocycles. The van der Waals surface area contributed by atoms with E-state index in [-0.39, 0.29) is 37.2 Å². The van der Waals surface area contributed by atoms with Crippen LogP contribution < -0.4 is 15.5 Å². The van der Waals surface area contributed by atoms with Crippen LogP contribution in [0.3, 0.4) is 0 Å². The first-order chi connectivity index (χ1) is 20.0. The molecule has 3 aromatic rings. The number of hydrogen-bond donors (Lipinski definition) is 5. The van der Waals surface area contributed by atoms with Crippen LogP contribution >= 0.6 is 0 Å². The Morgan fingerprint density at radius 2 is 1.67 bits per heavy atom. The van der Waals surface area contributed by atoms with E-state index in [2.05, 4.69) is 10.6 Å². The Morgan fingerprint density at radius 3 is 2.33 bits per heavy atom. The third kappa shape index (κ3) is 7.26. The number of likely N-dealkylation sites (tertiary alicyclic amines) is 1. The number of nitrogens with one attached hydrogen (secondary N) is 2. The number of amides is 3. The summed E-state index contributed by atoms with van der Waals surface area (Å²) in [5.74, 6) is -1.82. The van der Waals surface area contributed by atoms with E-state index in [9.17, 15) is 29.7 Å². The van der Waals surface area contributed by atoms with Crippen molar-refractivity contribution in [2.45, 2.75) is 50.6 Å². The molecule has 0 bridgehead atoms. The minimum Gasteiger partial charge on any atom is -0.508 e. The zero-order valence-corrected chi connectivity index (χ0v) is 24.0. The van der Waals surface area contributed by atoms with E-state index in [0.717, 1.165) is 16.8 Å². The van der Waals surface area contributed by atoms with E-state index in [1.54, 1.807) is 13.0 Å². The van der Waals surface area contributed by atoms with Crippen molar-refractivity contribution in [1.82, 2.24) is 15.5 Å². The van der Waals surface area contributed by atoms with Gasteiger partial charge in [0.1, 0.15) is 11.8 Å². The van der Waals surface area contributed by atoms with Crippen LogP contribution in [0.2, 0.25) is 0 Å². The van der Waals surface area contributed by atoms with E-state index in [0.29, 0.717) is 5.56 Å². The van der Waals surface area contributed by atoms with Crippen LogP contribution in [0.4, 0.5) is 5.69 Å². The fourth-order valence-corrected chi connectivity index (χ4v) is 5.09. The number of nitrogens with zero attached hydrogens (tertiary/aromatic N) is 2. The number of benzene rings is 3. The van der Waals surface area contributed by atoms with Crippen LogP contribution in [0.25, 0.3) is 0 Å². The number of phenolic OH excluding ortho intramolecular Hbond substituents is 1. The largest absolute Gasteiger partial charge is 0.508 e. The Morgan fingerprint density at radius 1 is 0.976 bits per heavy atom. The van der Waals surface area contributed by atoms with Gasteiger partial charge >= 0.3 is 0 Å². The van der Waals surface area contributed by atoms with Crippen LogP contribution in [-0.4, -0.2) is 82.9 Å². The highest BCUT2D eigenvalue weighted by Crippen LogP contribution is 2.23. The van der Waals surface area contributed by atoms with Crippen molar-refractivity contribution in [3.05, 3.63) is 95.1 Å². The predicted molar refractivity (Wildman–Crippen MR) is 159 cm³/mol. The minimum atomic E-state index is -1.70. The molecule has 4 atom stereocenters. The summed E-state index contributed by atoms with van der Waals surface area (Å²) in [6.07, 6.45) is -2.48. The summed E-state index contributed by atoms with van der Waals surface area (Å²) in [6, 6.07) is 19.3. The van der Waals surface area contributed by atoms with Crippen molar-refractivity contribution in [2.75, 3.05) is 25.5 Å². The zero-order valence-electron chi connectivity index (χ0n) is 24.0. The lowest BCUT2D eigenvalue weighted by atomic mass is 9.98. The van der Waals surface area contributed by atoms with Crippen LogP contribution in [0.15, 0.2) is 72.8 Å². The lowest BCUT2D eigenvalue weighted by Crippen LogP contribution is -2.55. The number of aliphatic hydroxyl groups is 2. The average molecular weight is 575 g/mol. The highest BCUT2D eigenvalue weighted by Gasteiger charge is 2.42. The molecule has 0 radical (unpaired) electrons. The van der Waals surface area contributed by atoms with Crippen molar-refractivity contribution in [3.8, 4) is 5.75 Å². The molecule has 5 N–H and O–H groups in total. The first-order valence-electron chi connectivity index (χ1n) is 13.9. The molecule has 3 aromatic carbocycles. The molecule has 0 unspecified atom stereocenters. The number of hydrogen-bond acceptors (Lipinski definition) is 7. The molecule has 4 rings (SSSR count). The monoisotopic (exact) mass is 574 g/mol. The molecule has 42 heavy (non-hydrogen) atoms. The number of carbonyl (C=O) groups excluding carboxylic acids is 3. The molecular weight excluding hydrogens is 536 g/mol. The van der Waals surface area contributed by atoms with Gasteiger partial charge in [-0.3, -0.25) is 14.4 Å². The van der Waals surface area contributed by atoms with E-state index < -0.39 is 42.0 Å². The molecule has 0 aliphatic carbocycles. The van der Waals surface area contributed by atoms with Crippen molar-refractivity contribution >= 4 is 23.4 Å². The van der Waals surface area contributed by atoms with Crippen LogP contribution in [0.5, 0.6) is 5.75 Å². The maximum atomic E-state index is 13.6. The number of aromatic hydroxyl groups is 1. The molecule has 10 heteroatoms. The van der Waals surface area contributed by atoms with Gasteiger partial charge in [0.05, 0.1) is 12.1 Å². The molecular formula is C32H38N4O6. The van der Waals surface area contributed by atoms with Crippen molar-refractivity contribution in [2.24, 2.45) is 0 Å². The molecule has 1 saturated heterocycles. The van der Waals surface area contributed by atoms with Crippen LogP contribution in [0.1, 0.15) is 33.5 Å². The molecule has 222 valence electrons. The van der Waals surface area contributed by atoms with E-state index in [1.165, 1.54) is 17.0 Å². The number of carbonyl (C=O) groups is 3. The second-order valence-corrected chi connectivity index (χ2v) is 10.8. The number of phenols is 1. The minimum absolute atomic E-state index is 0.0298. The third-order valence-electron chi connectivity index (χ3n) is 7.58. The topological polar surface area (TPSA) is 142 Å². The van der Waals surface area contributed by atoms with Gasteiger partial charge < -0.3 is 35.8 Å². The first-order valence-corrected chi connectivity index (χ1v) is 13.9. The second kappa shape index (κ2) is 13.5. The summed E-state index contributed by atoms with van der Waals surface area (Å²) < 4.78 is 0. The standard InChI is InChI=1S/C32H38N4O6/c1-20-25(10-7-11-28(20)38)30(40)34-26(16-21-8-5-4-6-9-21)29(39)32(42)36-19-24(37)17-27(36)31(41)33-18-22-12-14-23(15-13-22)35(2)3/h4-15,24,26-27,29,37-39H,16-19H2,1-3H3,(H,33,41)(H,34,40)/t24-,26+,27+,29+/m1/s1. The summed E-state index contributed by atoms with van der Waals surface area (Å²) in [7, 11) is 3.87. The van der Waals surface area contributed by atoms with E-state index in [1.807, 2.05) is 73.6 Å². The Hall–Kier alpha value is -4.41. The highest BCUT2D eigenvalue weighted by molar-refractivity contribution is 5.97. The summed E-state index contributed by atoms with van der Waals surface area (Å²) in [4.78, 5) is 43.2. The highest BCUT2D eigenvalue weighted by atomic mass is 16.3. The normalized spacial score (nSPS) is 17.8. The second-order valence-electron chi connectivity index (χ2n) is 10.8. The molecule has 0 aromatic heterocycles. The Kier molecular flexibility index (Phi) is 9.82. The van der Waals surface area contributed by atoms with Crippen molar-refractivity contribution in [3.63, 3.8) is 0 Å². The quantitative estimate of drug-likeness (QED) is 0.248. The molecule has 3 amide bonds. The third-order valence-corrected chi connectivity index (χ3v) is 7.58. The van der Waals surface area contributed by atoms with Gasteiger partial charge in [-0.25, -0.2) is 0 Å². The lowest BCUT2D eigenvalue weighted by molar-refractivity contribution is -0.146. The Bertz CT molecular complexity index is 1400. The van der Waals surface area contributed by atoms with Gasteiger partial charge in [-0.15, -0.1) is 0 Å². The molecule has 10 nitrogen and oxygen atoms in total. The molecule has 0 spiro atoms. The molecule has 1 heterocycles. The average Bonchev–Trinajstić information content (AvgIpc) is 3.38. The molecule has 1 aliphatic heterocycles. The number of rotatable bonds is 10. The molecule has 1 aliphatic rings. The zero-order chi connectivity index (χ0) is 30.4. The number of anilines is 1. The fourth-order valence-electron chi connectivity index (χ4n) is 5.09. The number of aliphatic hydroxyl groups excluding tert-OH is 2. The van der Waals surface area contributed by atoms with E-state index >= 15 is 0 Å². The summed E-state index contributed by atoms with van der Waals surface area (Å²) >= 11 is 0. The Balaban J connectivity index is 1.49. The predicted octanol–water partition coefficient (Wildman–Crippen LogP) is 1.75. The summed E-state index contributed by atoms with van der Waals surface area (Å²) in [5.41, 5.74) is 3.24. The van der Waals surface area contributed by atoms with Crippen molar-refractivity contribution < 1.29 is 29.7 Å². The van der Waals surface area contributed by atoms with Gasteiger partial charge in [-0.1, -0.05) is 48.5 Å². The SMILES string of the molecule is Cc1c(O)cccc1C(=O)N[C@@H](Cc1ccccc1)[C@H](O)C(=O)N1C[C@H](O)C[C@H]1C(=O)NCc1ccc(N(C)C)cc1. The van der Waals surface area contributed by atoms with Gasteiger partial charge in [-0.05, 0) is 48.7 Å². The van der Waals surface area contributed by atoms with Gasteiger partial charge in [0.15, 0.2) is 6.10 Å². The maximum absolute atomic E-state index is 13.6. The smallest absolute Gasteiger partial charge is 0.254 e. The fraction of sp³-hybridized carbons (Fsp3) is 0.344. The molecule has 1 fully saturated rings. The Labute approximate surface area is 245 Å². The van der Waals surface area contributed by atoms with E-state index in [4.69, 9.17) is 0 Å².